The van der Waals surface area contributed by atoms with Gasteiger partial charge in [0.25, 0.3) is 0 Å². The summed E-state index contributed by atoms with van der Waals surface area (Å²) in [4.78, 5) is 4.07. The van der Waals surface area contributed by atoms with E-state index >= 15 is 0 Å². The zero-order valence-corrected chi connectivity index (χ0v) is 12.9. The van der Waals surface area contributed by atoms with Crippen LogP contribution >= 0.6 is 0 Å². The molecule has 1 heterocycles. The molecule has 5 heteroatoms. The van der Waals surface area contributed by atoms with Crippen LogP contribution in [0.25, 0.3) is 0 Å². The summed E-state index contributed by atoms with van der Waals surface area (Å²) < 4.78 is 0. The topological polar surface area (TPSA) is 85.6 Å². The van der Waals surface area contributed by atoms with E-state index in [1.54, 1.807) is 13.1 Å². The van der Waals surface area contributed by atoms with Crippen molar-refractivity contribution in [2.75, 3.05) is 6.61 Å². The van der Waals surface area contributed by atoms with Crippen LogP contribution in [0.1, 0.15) is 49.4 Å². The van der Waals surface area contributed by atoms with Gasteiger partial charge in [-0.15, -0.1) is 0 Å². The Morgan fingerprint density at radius 2 is 2.00 bits per heavy atom. The fraction of sp³-hybridized carbons (Fsp3) is 0.688. The molecule has 4 N–H and O–H groups in total. The van der Waals surface area contributed by atoms with Crippen LogP contribution in [0.5, 0.6) is 5.75 Å². The van der Waals surface area contributed by atoms with Crippen molar-refractivity contribution in [1.29, 1.82) is 0 Å². The van der Waals surface area contributed by atoms with E-state index in [-0.39, 0.29) is 24.5 Å². The van der Waals surface area contributed by atoms with Crippen molar-refractivity contribution in [1.82, 2.24) is 10.3 Å². The minimum Gasteiger partial charge on any atom is -0.506 e. The highest BCUT2D eigenvalue weighted by atomic mass is 16.3. The van der Waals surface area contributed by atoms with Crippen LogP contribution in [0.15, 0.2) is 6.20 Å². The Balaban J connectivity index is 2.13. The summed E-state index contributed by atoms with van der Waals surface area (Å²) in [5, 5.41) is 32.7. The van der Waals surface area contributed by atoms with Crippen molar-refractivity contribution < 1.29 is 15.3 Å². The fourth-order valence-corrected chi connectivity index (χ4v) is 3.00. The number of hydrogen-bond donors (Lipinski definition) is 4. The van der Waals surface area contributed by atoms with Crippen molar-refractivity contribution >= 4 is 0 Å². The zero-order chi connectivity index (χ0) is 15.5. The average molecular weight is 294 g/mol. The number of aliphatic hydroxyl groups is 2. The Bertz CT molecular complexity index is 483. The maximum Gasteiger partial charge on any atom is 0.141 e. The van der Waals surface area contributed by atoms with Crippen LogP contribution in [0.3, 0.4) is 0 Å². The SMILES string of the molecule is Cc1ncc(CO)c(CNC2(CO)CCC(C)CC2)c1O. The van der Waals surface area contributed by atoms with Crippen molar-refractivity contribution in [3.05, 3.63) is 23.0 Å². The molecule has 0 bridgehead atoms. The van der Waals surface area contributed by atoms with E-state index in [9.17, 15) is 15.3 Å². The van der Waals surface area contributed by atoms with Crippen molar-refractivity contribution in [3.63, 3.8) is 0 Å². The number of aliphatic hydroxyl groups excluding tert-OH is 2. The maximum absolute atomic E-state index is 10.2. The summed E-state index contributed by atoms with van der Waals surface area (Å²) >= 11 is 0. The summed E-state index contributed by atoms with van der Waals surface area (Å²) in [6.07, 6.45) is 5.66. The predicted octanol–water partition coefficient (Wildman–Crippen LogP) is 1.62. The largest absolute Gasteiger partial charge is 0.506 e. The number of aromatic nitrogens is 1. The first kappa shape index (κ1) is 16.2. The van der Waals surface area contributed by atoms with Gasteiger partial charge in [-0.1, -0.05) is 6.92 Å². The molecular weight excluding hydrogens is 268 g/mol. The second kappa shape index (κ2) is 6.73. The van der Waals surface area contributed by atoms with Crippen molar-refractivity contribution in [3.8, 4) is 5.75 Å². The number of pyridine rings is 1. The van der Waals surface area contributed by atoms with Gasteiger partial charge in [0.1, 0.15) is 5.75 Å². The quantitative estimate of drug-likeness (QED) is 0.663. The Morgan fingerprint density at radius 3 is 2.57 bits per heavy atom. The van der Waals surface area contributed by atoms with E-state index in [0.717, 1.165) is 25.7 Å². The van der Waals surface area contributed by atoms with E-state index in [1.807, 2.05) is 0 Å². The molecule has 1 aliphatic rings. The molecule has 1 fully saturated rings. The van der Waals surface area contributed by atoms with Crippen LogP contribution in [-0.4, -0.2) is 32.4 Å². The number of nitrogens with one attached hydrogen (secondary N) is 1. The predicted molar refractivity (Wildman–Crippen MR) is 80.9 cm³/mol. The minimum absolute atomic E-state index is 0.0962. The lowest BCUT2D eigenvalue weighted by atomic mass is 9.77. The molecule has 1 saturated carbocycles. The molecule has 118 valence electrons. The summed E-state index contributed by atoms with van der Waals surface area (Å²) in [5.41, 5.74) is 1.58. The lowest BCUT2D eigenvalue weighted by Crippen LogP contribution is -2.50. The van der Waals surface area contributed by atoms with E-state index in [1.165, 1.54) is 0 Å². The van der Waals surface area contributed by atoms with E-state index in [0.29, 0.717) is 29.3 Å². The summed E-state index contributed by atoms with van der Waals surface area (Å²) in [6.45, 7) is 4.35. The van der Waals surface area contributed by atoms with Gasteiger partial charge < -0.3 is 20.6 Å². The number of rotatable bonds is 5. The molecule has 0 spiro atoms. The molecule has 1 aliphatic carbocycles. The second-order valence-electron chi connectivity index (χ2n) is 6.33. The molecule has 0 atom stereocenters. The Hall–Kier alpha value is -1.17. The highest BCUT2D eigenvalue weighted by molar-refractivity contribution is 5.40. The molecule has 0 aliphatic heterocycles. The maximum atomic E-state index is 10.2. The highest BCUT2D eigenvalue weighted by Crippen LogP contribution is 2.33. The van der Waals surface area contributed by atoms with Crippen LogP contribution in [0.2, 0.25) is 0 Å². The van der Waals surface area contributed by atoms with Gasteiger partial charge in [-0.25, -0.2) is 0 Å². The molecule has 2 rings (SSSR count). The Morgan fingerprint density at radius 1 is 1.33 bits per heavy atom. The molecule has 0 aromatic carbocycles. The Labute approximate surface area is 126 Å². The van der Waals surface area contributed by atoms with Crippen LogP contribution in [-0.2, 0) is 13.2 Å². The molecule has 0 saturated heterocycles. The van der Waals surface area contributed by atoms with Gasteiger partial charge in [-0.05, 0) is 38.5 Å². The Kier molecular flexibility index (Phi) is 5.19. The molecular formula is C16H26N2O3. The molecule has 0 amide bonds. The van der Waals surface area contributed by atoms with Crippen molar-refractivity contribution in [2.45, 2.75) is 58.2 Å². The average Bonchev–Trinajstić information content (AvgIpc) is 2.51. The highest BCUT2D eigenvalue weighted by Gasteiger charge is 2.33. The number of aryl methyl sites for hydroxylation is 1. The van der Waals surface area contributed by atoms with Crippen LogP contribution < -0.4 is 5.32 Å². The van der Waals surface area contributed by atoms with E-state index in [4.69, 9.17) is 0 Å². The van der Waals surface area contributed by atoms with Gasteiger partial charge in [0.05, 0.1) is 18.9 Å². The van der Waals surface area contributed by atoms with Crippen LogP contribution in [0, 0.1) is 12.8 Å². The number of nitrogens with zero attached hydrogens (tertiary/aromatic N) is 1. The van der Waals surface area contributed by atoms with Gasteiger partial charge >= 0.3 is 0 Å². The first-order chi connectivity index (χ1) is 10.0. The third kappa shape index (κ3) is 3.54. The van der Waals surface area contributed by atoms with Gasteiger partial charge in [0.2, 0.25) is 0 Å². The second-order valence-corrected chi connectivity index (χ2v) is 6.33. The molecule has 0 unspecified atom stereocenters. The van der Waals surface area contributed by atoms with Gasteiger partial charge in [-0.3, -0.25) is 4.98 Å². The summed E-state index contributed by atoms with van der Waals surface area (Å²) in [5.74, 6) is 0.836. The third-order valence-corrected chi connectivity index (χ3v) is 4.77. The smallest absolute Gasteiger partial charge is 0.141 e. The van der Waals surface area contributed by atoms with Gasteiger partial charge in [0.15, 0.2) is 0 Å². The monoisotopic (exact) mass is 294 g/mol. The summed E-state index contributed by atoms with van der Waals surface area (Å²) in [7, 11) is 0. The standard InChI is InChI=1S/C16H26N2O3/c1-11-3-5-16(10-20,6-4-11)18-8-14-13(9-19)7-17-12(2)15(14)21/h7,11,18-21H,3-6,8-10H2,1-2H3. The van der Waals surface area contributed by atoms with Gasteiger partial charge in [0, 0.05) is 29.4 Å². The summed E-state index contributed by atoms with van der Waals surface area (Å²) in [6, 6.07) is 0. The molecule has 0 radical (unpaired) electrons. The number of hydrogen-bond acceptors (Lipinski definition) is 5. The first-order valence-electron chi connectivity index (χ1n) is 7.64. The molecule has 21 heavy (non-hydrogen) atoms. The van der Waals surface area contributed by atoms with Gasteiger partial charge in [-0.2, -0.15) is 0 Å². The third-order valence-electron chi connectivity index (χ3n) is 4.77. The first-order valence-corrected chi connectivity index (χ1v) is 7.64. The van der Waals surface area contributed by atoms with E-state index < -0.39 is 0 Å². The van der Waals surface area contributed by atoms with Crippen molar-refractivity contribution in [2.24, 2.45) is 5.92 Å². The minimum atomic E-state index is -0.275. The molecule has 1 aromatic heterocycles. The molecule has 1 aromatic rings. The normalized spacial score (nSPS) is 26.0. The zero-order valence-electron chi connectivity index (χ0n) is 12.9. The lowest BCUT2D eigenvalue weighted by molar-refractivity contribution is 0.104. The lowest BCUT2D eigenvalue weighted by Gasteiger charge is -2.39. The molecule has 5 nitrogen and oxygen atoms in total. The van der Waals surface area contributed by atoms with E-state index in [2.05, 4.69) is 17.2 Å². The number of aromatic hydroxyl groups is 1. The fourth-order valence-electron chi connectivity index (χ4n) is 3.00. The van der Waals surface area contributed by atoms with Crippen LogP contribution in [0.4, 0.5) is 0 Å².